The Bertz CT molecular complexity index is 686. The van der Waals surface area contributed by atoms with E-state index in [1.807, 2.05) is 0 Å². The third kappa shape index (κ3) is 3.62. The second-order valence-electron chi connectivity index (χ2n) is 5.47. The summed E-state index contributed by atoms with van der Waals surface area (Å²) in [5, 5.41) is 0. The summed E-state index contributed by atoms with van der Waals surface area (Å²) in [6, 6.07) is 8.16. The first-order valence-electron chi connectivity index (χ1n) is 7.98. The minimum Gasteiger partial charge on any atom is -0.466 e. The second-order valence-corrected chi connectivity index (χ2v) is 7.32. The van der Waals surface area contributed by atoms with Gasteiger partial charge in [0, 0.05) is 18.7 Å². The molecule has 1 aliphatic rings. The van der Waals surface area contributed by atoms with E-state index in [1.54, 1.807) is 45.0 Å². The Morgan fingerprint density at radius 2 is 1.83 bits per heavy atom. The normalized spacial score (nSPS) is 24.0. The molecule has 3 atom stereocenters. The first kappa shape index (κ1) is 18.5. The molecule has 1 aliphatic heterocycles. The van der Waals surface area contributed by atoms with Crippen LogP contribution in [0.5, 0.6) is 0 Å². The Morgan fingerprint density at radius 1 is 1.17 bits per heavy atom. The van der Waals surface area contributed by atoms with E-state index in [9.17, 15) is 13.2 Å². The highest BCUT2D eigenvalue weighted by atomic mass is 32.2. The van der Waals surface area contributed by atoms with Crippen LogP contribution in [0, 0.1) is 11.8 Å². The molecule has 0 fully saturated rings. The molecule has 0 radical (unpaired) electrons. The van der Waals surface area contributed by atoms with Gasteiger partial charge < -0.3 is 9.47 Å². The third-order valence-corrected chi connectivity index (χ3v) is 5.67. The summed E-state index contributed by atoms with van der Waals surface area (Å²) in [5.41, 5.74) is 0. The molecule has 0 bridgehead atoms. The Balaban J connectivity index is 2.39. The molecule has 0 N–H and O–H groups in total. The minimum atomic E-state index is -3.76. The highest BCUT2D eigenvalue weighted by Gasteiger charge is 2.41. The van der Waals surface area contributed by atoms with Gasteiger partial charge in [-0.05, 0) is 26.0 Å². The van der Waals surface area contributed by atoms with E-state index >= 15 is 0 Å². The molecular formula is C17H23NO5S. The number of nitrogens with zero attached hydrogens (tertiary/aromatic N) is 1. The molecular weight excluding hydrogens is 330 g/mol. The highest BCUT2D eigenvalue weighted by molar-refractivity contribution is 7.89. The van der Waals surface area contributed by atoms with Crippen LogP contribution in [-0.2, 0) is 24.3 Å². The van der Waals surface area contributed by atoms with E-state index in [0.717, 1.165) is 0 Å². The molecule has 2 rings (SSSR count). The average Bonchev–Trinajstić information content (AvgIpc) is 2.57. The predicted molar refractivity (Wildman–Crippen MR) is 89.3 cm³/mol. The molecule has 1 aromatic carbocycles. The lowest BCUT2D eigenvalue weighted by atomic mass is 9.90. The fraction of sp³-hybridized carbons (Fsp3) is 0.471. The van der Waals surface area contributed by atoms with E-state index in [1.165, 1.54) is 22.6 Å². The molecule has 6 nitrogen and oxygen atoms in total. The van der Waals surface area contributed by atoms with Crippen LogP contribution in [0.15, 0.2) is 47.5 Å². The summed E-state index contributed by atoms with van der Waals surface area (Å²) >= 11 is 0. The Morgan fingerprint density at radius 3 is 2.42 bits per heavy atom. The topological polar surface area (TPSA) is 72.9 Å². The van der Waals surface area contributed by atoms with Crippen LogP contribution in [0.25, 0.3) is 0 Å². The van der Waals surface area contributed by atoms with Crippen molar-refractivity contribution in [3.63, 3.8) is 0 Å². The van der Waals surface area contributed by atoms with Crippen molar-refractivity contribution in [3.8, 4) is 0 Å². The van der Waals surface area contributed by atoms with Gasteiger partial charge in [0.1, 0.15) is 6.23 Å². The van der Waals surface area contributed by atoms with Crippen molar-refractivity contribution in [3.05, 3.63) is 42.6 Å². The van der Waals surface area contributed by atoms with Crippen LogP contribution in [-0.4, -0.2) is 38.1 Å². The lowest BCUT2D eigenvalue weighted by Gasteiger charge is -2.39. The minimum absolute atomic E-state index is 0.182. The van der Waals surface area contributed by atoms with Gasteiger partial charge in [0.2, 0.25) is 0 Å². The molecule has 0 spiro atoms. The number of esters is 1. The zero-order chi connectivity index (χ0) is 17.7. The van der Waals surface area contributed by atoms with E-state index in [0.29, 0.717) is 6.61 Å². The van der Waals surface area contributed by atoms with Crippen LogP contribution in [0.2, 0.25) is 0 Å². The molecule has 0 amide bonds. The van der Waals surface area contributed by atoms with Crippen LogP contribution in [0.4, 0.5) is 0 Å². The van der Waals surface area contributed by atoms with Crippen molar-refractivity contribution in [1.29, 1.82) is 0 Å². The summed E-state index contributed by atoms with van der Waals surface area (Å²) in [7, 11) is -3.76. The lowest BCUT2D eigenvalue weighted by molar-refractivity contribution is -0.152. The molecule has 0 unspecified atom stereocenters. The number of ether oxygens (including phenoxy) is 2. The first-order valence-corrected chi connectivity index (χ1v) is 9.42. The molecule has 132 valence electrons. The van der Waals surface area contributed by atoms with Crippen molar-refractivity contribution >= 4 is 16.0 Å². The Kier molecular flexibility index (Phi) is 6.01. The van der Waals surface area contributed by atoms with E-state index in [4.69, 9.17) is 9.47 Å². The molecule has 7 heteroatoms. The van der Waals surface area contributed by atoms with Crippen molar-refractivity contribution in [2.24, 2.45) is 11.8 Å². The Labute approximate surface area is 143 Å². The van der Waals surface area contributed by atoms with Gasteiger partial charge in [-0.2, -0.15) is 0 Å². The maximum atomic E-state index is 12.9. The fourth-order valence-corrected chi connectivity index (χ4v) is 4.21. The van der Waals surface area contributed by atoms with Gasteiger partial charge in [0.25, 0.3) is 10.0 Å². The number of hydrogen-bond acceptors (Lipinski definition) is 5. The van der Waals surface area contributed by atoms with Crippen molar-refractivity contribution in [2.45, 2.75) is 31.9 Å². The van der Waals surface area contributed by atoms with Crippen LogP contribution in [0.3, 0.4) is 0 Å². The van der Waals surface area contributed by atoms with Gasteiger partial charge in [-0.3, -0.25) is 4.79 Å². The molecule has 0 aliphatic carbocycles. The molecule has 0 saturated heterocycles. The smallest absolute Gasteiger partial charge is 0.313 e. The Hall–Kier alpha value is -1.86. The molecule has 24 heavy (non-hydrogen) atoms. The van der Waals surface area contributed by atoms with Gasteiger partial charge in [0.05, 0.1) is 17.4 Å². The van der Waals surface area contributed by atoms with Crippen LogP contribution >= 0.6 is 0 Å². The second kappa shape index (κ2) is 7.81. The monoisotopic (exact) mass is 353 g/mol. The maximum Gasteiger partial charge on any atom is 0.313 e. The number of rotatable bonds is 6. The van der Waals surface area contributed by atoms with Crippen molar-refractivity contribution in [2.75, 3.05) is 13.2 Å². The lowest BCUT2D eigenvalue weighted by Crippen LogP contribution is -2.48. The molecule has 0 saturated carbocycles. The largest absolute Gasteiger partial charge is 0.466 e. The quantitative estimate of drug-likeness (QED) is 0.734. The van der Waals surface area contributed by atoms with E-state index in [-0.39, 0.29) is 23.4 Å². The zero-order valence-corrected chi connectivity index (χ0v) is 14.9. The van der Waals surface area contributed by atoms with Gasteiger partial charge >= 0.3 is 5.97 Å². The zero-order valence-electron chi connectivity index (χ0n) is 14.1. The maximum absolute atomic E-state index is 12.9. The summed E-state index contributed by atoms with van der Waals surface area (Å²) in [4.78, 5) is 12.3. The van der Waals surface area contributed by atoms with Gasteiger partial charge in [-0.1, -0.05) is 31.2 Å². The van der Waals surface area contributed by atoms with Crippen molar-refractivity contribution < 1.29 is 22.7 Å². The standard InChI is InChI=1S/C17H23NO5S/c1-4-22-16-13(3)15(17(19)23-5-2)11-12-18(16)24(20,21)14-9-7-6-8-10-14/h6-13,15-16H,4-5H2,1-3H3/t13-,15+,16+/m1/s1. The van der Waals surface area contributed by atoms with Crippen LogP contribution < -0.4 is 0 Å². The predicted octanol–water partition coefficient (Wildman–Crippen LogP) is 2.38. The van der Waals surface area contributed by atoms with Crippen molar-refractivity contribution in [1.82, 2.24) is 4.31 Å². The molecule has 1 heterocycles. The van der Waals surface area contributed by atoms with E-state index < -0.39 is 22.2 Å². The third-order valence-electron chi connectivity index (χ3n) is 3.92. The fourth-order valence-electron chi connectivity index (χ4n) is 2.71. The van der Waals surface area contributed by atoms with Gasteiger partial charge in [0.15, 0.2) is 0 Å². The molecule has 0 aromatic heterocycles. The number of hydrogen-bond donors (Lipinski definition) is 0. The van der Waals surface area contributed by atoms with E-state index in [2.05, 4.69) is 0 Å². The first-order chi connectivity index (χ1) is 11.4. The average molecular weight is 353 g/mol. The summed E-state index contributed by atoms with van der Waals surface area (Å²) in [6.07, 6.45) is 2.21. The van der Waals surface area contributed by atoms with Gasteiger partial charge in [-0.25, -0.2) is 12.7 Å². The number of benzene rings is 1. The summed E-state index contributed by atoms with van der Waals surface area (Å²) in [6.45, 7) is 5.93. The van der Waals surface area contributed by atoms with Gasteiger partial charge in [-0.15, -0.1) is 0 Å². The number of carbonyl (C=O) groups excluding carboxylic acids is 1. The number of sulfonamides is 1. The highest BCUT2D eigenvalue weighted by Crippen LogP contribution is 2.32. The summed E-state index contributed by atoms with van der Waals surface area (Å²) < 4.78 is 37.7. The molecule has 1 aromatic rings. The number of carbonyl (C=O) groups is 1. The van der Waals surface area contributed by atoms with Crippen LogP contribution in [0.1, 0.15) is 20.8 Å². The summed E-state index contributed by atoms with van der Waals surface area (Å²) in [5.74, 6) is -1.28. The SMILES string of the molecule is CCOC(=O)[C@H]1C=CN(S(=O)(=O)c2ccccc2)[C@@H](OCC)[C@@H]1C.